The van der Waals surface area contributed by atoms with Gasteiger partial charge < -0.3 is 10.1 Å². The number of nitrogens with one attached hydrogen (secondary N) is 1. The SMILES string of the molecule is CCCCC(C)Nc1nc(Cl)c(-c2ccccc2)n(CC(=O)OCc2ccccc2)c1=O. The summed E-state index contributed by atoms with van der Waals surface area (Å²) in [6.07, 6.45) is 2.99. The van der Waals surface area contributed by atoms with E-state index in [0.717, 1.165) is 24.8 Å². The van der Waals surface area contributed by atoms with Crippen molar-refractivity contribution in [3.63, 3.8) is 0 Å². The molecule has 0 spiro atoms. The van der Waals surface area contributed by atoms with Crippen molar-refractivity contribution >= 4 is 23.4 Å². The largest absolute Gasteiger partial charge is 0.459 e. The van der Waals surface area contributed by atoms with Crippen molar-refractivity contribution in [3.8, 4) is 11.3 Å². The maximum absolute atomic E-state index is 13.3. The highest BCUT2D eigenvalue weighted by molar-refractivity contribution is 6.32. The zero-order valence-electron chi connectivity index (χ0n) is 18.4. The molecule has 1 heterocycles. The molecule has 1 unspecified atom stereocenters. The van der Waals surface area contributed by atoms with E-state index < -0.39 is 11.5 Å². The summed E-state index contributed by atoms with van der Waals surface area (Å²) >= 11 is 6.52. The summed E-state index contributed by atoms with van der Waals surface area (Å²) in [4.78, 5) is 30.3. The van der Waals surface area contributed by atoms with Gasteiger partial charge in [0, 0.05) is 11.6 Å². The lowest BCUT2D eigenvalue weighted by atomic mass is 10.1. The van der Waals surface area contributed by atoms with Gasteiger partial charge in [0.25, 0.3) is 5.56 Å². The number of aromatic nitrogens is 2. The Morgan fingerprint density at radius 3 is 2.44 bits per heavy atom. The molecule has 0 radical (unpaired) electrons. The molecule has 0 fully saturated rings. The van der Waals surface area contributed by atoms with Crippen LogP contribution in [0, 0.1) is 0 Å². The molecule has 3 aromatic rings. The Bertz CT molecular complexity index is 1080. The van der Waals surface area contributed by atoms with Gasteiger partial charge in [-0.1, -0.05) is 92.0 Å². The fraction of sp³-hybridized carbons (Fsp3) is 0.320. The van der Waals surface area contributed by atoms with E-state index in [1.807, 2.05) is 67.6 Å². The lowest BCUT2D eigenvalue weighted by molar-refractivity contribution is -0.145. The predicted octanol–water partition coefficient (Wildman–Crippen LogP) is 5.30. The first-order valence-electron chi connectivity index (χ1n) is 10.8. The van der Waals surface area contributed by atoms with E-state index in [9.17, 15) is 9.59 Å². The third-order valence-corrected chi connectivity index (χ3v) is 5.34. The molecular formula is C25H28ClN3O3. The molecule has 2 aromatic carbocycles. The van der Waals surface area contributed by atoms with Crippen LogP contribution in [0.4, 0.5) is 5.82 Å². The number of rotatable bonds is 10. The molecule has 7 heteroatoms. The quantitative estimate of drug-likeness (QED) is 0.422. The van der Waals surface area contributed by atoms with Gasteiger partial charge >= 0.3 is 5.97 Å². The number of carbonyl (C=O) groups excluding carboxylic acids is 1. The van der Waals surface area contributed by atoms with Gasteiger partial charge in [0.05, 0.1) is 5.69 Å². The maximum Gasteiger partial charge on any atom is 0.326 e. The van der Waals surface area contributed by atoms with Gasteiger partial charge in [-0.15, -0.1) is 0 Å². The standard InChI is InChI=1S/C25H28ClN3O3/c1-3-4-11-18(2)27-24-25(31)29(16-21(30)32-17-19-12-7-5-8-13-19)22(23(26)28-24)20-14-9-6-10-15-20/h5-10,12-15,18H,3-4,11,16-17H2,1-2H3,(H,27,28). The van der Waals surface area contributed by atoms with E-state index in [2.05, 4.69) is 17.2 Å². The van der Waals surface area contributed by atoms with Crippen LogP contribution >= 0.6 is 11.6 Å². The van der Waals surface area contributed by atoms with Crippen LogP contribution in [0.3, 0.4) is 0 Å². The number of nitrogens with zero attached hydrogens (tertiary/aromatic N) is 2. The molecule has 0 saturated carbocycles. The topological polar surface area (TPSA) is 73.2 Å². The van der Waals surface area contributed by atoms with Crippen molar-refractivity contribution in [1.82, 2.24) is 9.55 Å². The first kappa shape index (κ1) is 23.5. The molecule has 0 aliphatic carbocycles. The van der Waals surface area contributed by atoms with E-state index in [0.29, 0.717) is 11.3 Å². The number of esters is 1. The zero-order valence-corrected chi connectivity index (χ0v) is 19.1. The van der Waals surface area contributed by atoms with Gasteiger partial charge in [-0.05, 0) is 18.9 Å². The molecule has 0 aliphatic rings. The molecule has 0 amide bonds. The molecule has 1 aromatic heterocycles. The average molecular weight is 454 g/mol. The summed E-state index contributed by atoms with van der Waals surface area (Å²) in [6, 6.07) is 18.6. The third-order valence-electron chi connectivity index (χ3n) is 5.07. The number of carbonyl (C=O) groups is 1. The normalized spacial score (nSPS) is 11.7. The van der Waals surface area contributed by atoms with Gasteiger partial charge in [-0.2, -0.15) is 0 Å². The number of unbranched alkanes of at least 4 members (excludes halogenated alkanes) is 1. The van der Waals surface area contributed by atoms with Gasteiger partial charge in [-0.3, -0.25) is 14.2 Å². The van der Waals surface area contributed by atoms with Gasteiger partial charge in [0.15, 0.2) is 11.0 Å². The monoisotopic (exact) mass is 453 g/mol. The van der Waals surface area contributed by atoms with Crippen LogP contribution in [0.5, 0.6) is 0 Å². The highest BCUT2D eigenvalue weighted by atomic mass is 35.5. The summed E-state index contributed by atoms with van der Waals surface area (Å²) < 4.78 is 6.75. The average Bonchev–Trinajstić information content (AvgIpc) is 2.81. The van der Waals surface area contributed by atoms with Crippen LogP contribution in [0.2, 0.25) is 5.15 Å². The number of ether oxygens (including phenoxy) is 1. The summed E-state index contributed by atoms with van der Waals surface area (Å²) in [6.45, 7) is 3.97. The van der Waals surface area contributed by atoms with E-state index in [4.69, 9.17) is 16.3 Å². The zero-order chi connectivity index (χ0) is 22.9. The summed E-state index contributed by atoms with van der Waals surface area (Å²) in [5.41, 5.74) is 1.55. The minimum absolute atomic E-state index is 0.0484. The lowest BCUT2D eigenvalue weighted by Crippen LogP contribution is -2.32. The molecule has 0 saturated heterocycles. The van der Waals surface area contributed by atoms with Gasteiger partial charge in [0.2, 0.25) is 0 Å². The van der Waals surface area contributed by atoms with E-state index in [1.54, 1.807) is 0 Å². The fourth-order valence-electron chi connectivity index (χ4n) is 3.38. The molecule has 1 N–H and O–H groups in total. The highest BCUT2D eigenvalue weighted by Gasteiger charge is 2.20. The Balaban J connectivity index is 1.91. The molecule has 0 bridgehead atoms. The summed E-state index contributed by atoms with van der Waals surface area (Å²) in [7, 11) is 0. The Labute approximate surface area is 193 Å². The molecule has 1 atom stereocenters. The van der Waals surface area contributed by atoms with Crippen molar-refractivity contribution in [2.24, 2.45) is 0 Å². The summed E-state index contributed by atoms with van der Waals surface area (Å²) in [5.74, 6) is -0.394. The molecule has 3 rings (SSSR count). The number of halogens is 1. The Hall–Kier alpha value is -3.12. The molecule has 0 aliphatic heterocycles. The molecule has 32 heavy (non-hydrogen) atoms. The van der Waals surface area contributed by atoms with Crippen LogP contribution < -0.4 is 10.9 Å². The second-order valence-corrected chi connectivity index (χ2v) is 8.05. The summed E-state index contributed by atoms with van der Waals surface area (Å²) in [5, 5.41) is 3.30. The van der Waals surface area contributed by atoms with Crippen LogP contribution in [-0.2, 0) is 22.7 Å². The van der Waals surface area contributed by atoms with Crippen molar-refractivity contribution in [2.75, 3.05) is 5.32 Å². The predicted molar refractivity (Wildman–Crippen MR) is 128 cm³/mol. The molecule has 168 valence electrons. The number of benzene rings is 2. The van der Waals surface area contributed by atoms with Crippen molar-refractivity contribution < 1.29 is 9.53 Å². The minimum atomic E-state index is -0.527. The van der Waals surface area contributed by atoms with Crippen LogP contribution in [0.1, 0.15) is 38.7 Å². The lowest BCUT2D eigenvalue weighted by Gasteiger charge is -2.18. The van der Waals surface area contributed by atoms with Crippen LogP contribution in [0.25, 0.3) is 11.3 Å². The van der Waals surface area contributed by atoms with E-state index in [-0.39, 0.29) is 30.2 Å². The maximum atomic E-state index is 13.3. The first-order valence-corrected chi connectivity index (χ1v) is 11.2. The molecular weight excluding hydrogens is 426 g/mol. The minimum Gasteiger partial charge on any atom is -0.459 e. The van der Waals surface area contributed by atoms with Crippen LogP contribution in [-0.4, -0.2) is 21.6 Å². The number of hydrogen-bond acceptors (Lipinski definition) is 5. The van der Waals surface area contributed by atoms with E-state index >= 15 is 0 Å². The number of hydrogen-bond donors (Lipinski definition) is 1. The highest BCUT2D eigenvalue weighted by Crippen LogP contribution is 2.26. The van der Waals surface area contributed by atoms with Gasteiger partial charge in [0.1, 0.15) is 13.2 Å². The van der Waals surface area contributed by atoms with E-state index in [1.165, 1.54) is 4.57 Å². The fourth-order valence-corrected chi connectivity index (χ4v) is 3.68. The Morgan fingerprint density at radius 2 is 1.78 bits per heavy atom. The smallest absolute Gasteiger partial charge is 0.326 e. The Kier molecular flexibility index (Phi) is 8.45. The number of anilines is 1. The Morgan fingerprint density at radius 1 is 1.12 bits per heavy atom. The third kappa shape index (κ3) is 6.20. The second-order valence-electron chi connectivity index (χ2n) is 7.69. The van der Waals surface area contributed by atoms with Crippen molar-refractivity contribution in [1.29, 1.82) is 0 Å². The second kappa shape index (κ2) is 11.5. The van der Waals surface area contributed by atoms with Crippen molar-refractivity contribution in [3.05, 3.63) is 81.7 Å². The van der Waals surface area contributed by atoms with Crippen LogP contribution in [0.15, 0.2) is 65.5 Å². The van der Waals surface area contributed by atoms with Crippen molar-refractivity contribution in [2.45, 2.75) is 52.3 Å². The first-order chi connectivity index (χ1) is 15.5. The molecule has 6 nitrogen and oxygen atoms in total. The van der Waals surface area contributed by atoms with Gasteiger partial charge in [-0.25, -0.2) is 4.98 Å².